The number of carbonyl (C=O) groups excluding carboxylic acids is 1. The second-order valence-corrected chi connectivity index (χ2v) is 6.97. The number of thiazole rings is 1. The Morgan fingerprint density at radius 1 is 1.45 bits per heavy atom. The Hall–Kier alpha value is -1.05. The number of thiophene rings is 1. The second kappa shape index (κ2) is 7.66. The molecule has 2 aromatic rings. The number of aromatic nitrogens is 1. The third-order valence-electron chi connectivity index (χ3n) is 2.70. The van der Waals surface area contributed by atoms with Gasteiger partial charge in [0.05, 0.1) is 0 Å². The number of hydrogen-bond acceptors (Lipinski definition) is 5. The molecule has 0 spiro atoms. The van der Waals surface area contributed by atoms with Crippen molar-refractivity contribution in [3.8, 4) is 0 Å². The minimum Gasteiger partial charge on any atom is -0.354 e. The third kappa shape index (κ3) is 4.50. The van der Waals surface area contributed by atoms with Gasteiger partial charge in [-0.15, -0.1) is 0 Å². The number of nitrogens with zero attached hydrogens (tertiary/aromatic N) is 1. The van der Waals surface area contributed by atoms with Gasteiger partial charge in [-0.1, -0.05) is 11.3 Å². The molecule has 0 atom stereocenters. The maximum Gasteiger partial charge on any atom is 0.307 e. The molecule has 0 saturated carbocycles. The fraction of sp³-hybridized carbons (Fsp3) is 0.385. The van der Waals surface area contributed by atoms with E-state index in [2.05, 4.69) is 22.1 Å². The van der Waals surface area contributed by atoms with Gasteiger partial charge in [0, 0.05) is 29.1 Å². The van der Waals surface area contributed by atoms with Crippen molar-refractivity contribution >= 4 is 40.3 Å². The normalized spacial score (nSPS) is 10.7. The molecule has 108 valence electrons. The summed E-state index contributed by atoms with van der Waals surface area (Å²) in [6.45, 7) is 2.58. The van der Waals surface area contributed by atoms with Gasteiger partial charge < -0.3 is 5.32 Å². The standard InChI is InChI=1S/C13H16N2O2S3/c1-10-7-20-13(17)15(10)6-12(16)14-3-5-19-9-11-2-4-18-8-11/h2,4,7-8H,3,5-6,9H2,1H3,(H,14,16). The summed E-state index contributed by atoms with van der Waals surface area (Å²) in [4.78, 5) is 23.1. The second-order valence-electron chi connectivity index (χ2n) is 4.26. The number of rotatable bonds is 7. The number of carbonyl (C=O) groups is 1. The molecular formula is C13H16N2O2S3. The monoisotopic (exact) mass is 328 g/mol. The first-order valence-electron chi connectivity index (χ1n) is 6.17. The molecular weight excluding hydrogens is 312 g/mol. The first-order valence-corrected chi connectivity index (χ1v) is 9.15. The summed E-state index contributed by atoms with van der Waals surface area (Å²) in [7, 11) is 0. The zero-order chi connectivity index (χ0) is 14.4. The van der Waals surface area contributed by atoms with Crippen LogP contribution in [0, 0.1) is 6.92 Å². The summed E-state index contributed by atoms with van der Waals surface area (Å²) in [6.07, 6.45) is 0. The Labute approximate surface area is 129 Å². The van der Waals surface area contributed by atoms with Gasteiger partial charge in [-0.2, -0.15) is 23.1 Å². The van der Waals surface area contributed by atoms with E-state index in [9.17, 15) is 9.59 Å². The van der Waals surface area contributed by atoms with Crippen LogP contribution in [0.25, 0.3) is 0 Å². The summed E-state index contributed by atoms with van der Waals surface area (Å²) >= 11 is 4.62. The highest BCUT2D eigenvalue weighted by molar-refractivity contribution is 7.98. The van der Waals surface area contributed by atoms with Crippen LogP contribution in [0.3, 0.4) is 0 Å². The van der Waals surface area contributed by atoms with Crippen LogP contribution in [0.4, 0.5) is 0 Å². The molecule has 0 aliphatic rings. The molecule has 0 aromatic carbocycles. The molecule has 0 saturated heterocycles. The highest BCUT2D eigenvalue weighted by Gasteiger charge is 2.07. The first-order chi connectivity index (χ1) is 9.66. The predicted molar refractivity (Wildman–Crippen MR) is 86.8 cm³/mol. The Morgan fingerprint density at radius 3 is 2.95 bits per heavy atom. The number of aryl methyl sites for hydroxylation is 1. The van der Waals surface area contributed by atoms with Crippen molar-refractivity contribution in [2.75, 3.05) is 12.3 Å². The quantitative estimate of drug-likeness (QED) is 0.794. The molecule has 0 bridgehead atoms. The van der Waals surface area contributed by atoms with Crippen LogP contribution >= 0.6 is 34.4 Å². The van der Waals surface area contributed by atoms with Crippen molar-refractivity contribution in [3.05, 3.63) is 43.1 Å². The van der Waals surface area contributed by atoms with E-state index in [1.54, 1.807) is 28.5 Å². The van der Waals surface area contributed by atoms with E-state index in [1.165, 1.54) is 10.1 Å². The molecule has 2 rings (SSSR count). The van der Waals surface area contributed by atoms with E-state index >= 15 is 0 Å². The predicted octanol–water partition coefficient (Wildman–Crippen LogP) is 2.33. The van der Waals surface area contributed by atoms with Crippen LogP contribution < -0.4 is 10.2 Å². The molecule has 7 heteroatoms. The average Bonchev–Trinajstić information content (AvgIpc) is 3.04. The molecule has 4 nitrogen and oxygen atoms in total. The van der Waals surface area contributed by atoms with E-state index in [1.807, 2.05) is 6.92 Å². The summed E-state index contributed by atoms with van der Waals surface area (Å²) in [5.41, 5.74) is 2.16. The lowest BCUT2D eigenvalue weighted by Gasteiger charge is -2.06. The maximum absolute atomic E-state index is 11.7. The Kier molecular flexibility index (Phi) is 5.87. The SMILES string of the molecule is Cc1csc(=O)n1CC(=O)NCCSCc1ccsc1. The van der Waals surface area contributed by atoms with Crippen molar-refractivity contribution in [1.82, 2.24) is 9.88 Å². The topological polar surface area (TPSA) is 51.1 Å². The fourth-order valence-electron chi connectivity index (χ4n) is 1.62. The summed E-state index contributed by atoms with van der Waals surface area (Å²) in [6, 6.07) is 2.11. The number of nitrogens with one attached hydrogen (secondary N) is 1. The summed E-state index contributed by atoms with van der Waals surface area (Å²) in [5, 5.41) is 8.82. The average molecular weight is 328 g/mol. The summed E-state index contributed by atoms with van der Waals surface area (Å²) < 4.78 is 1.50. The molecule has 1 N–H and O–H groups in total. The minimum absolute atomic E-state index is 0.0792. The first kappa shape index (κ1) is 15.3. The Balaban J connectivity index is 1.64. The molecule has 1 amide bonds. The molecule has 20 heavy (non-hydrogen) atoms. The van der Waals surface area contributed by atoms with Crippen LogP contribution in [0.1, 0.15) is 11.3 Å². The number of amides is 1. The van der Waals surface area contributed by atoms with E-state index in [-0.39, 0.29) is 17.3 Å². The van der Waals surface area contributed by atoms with Crippen molar-refractivity contribution < 1.29 is 4.79 Å². The van der Waals surface area contributed by atoms with Gasteiger partial charge in [-0.05, 0) is 29.3 Å². The number of thioether (sulfide) groups is 1. The lowest BCUT2D eigenvalue weighted by molar-refractivity contribution is -0.121. The molecule has 2 aromatic heterocycles. The Bertz CT molecular complexity index is 601. The molecule has 0 aliphatic carbocycles. The largest absolute Gasteiger partial charge is 0.354 e. The van der Waals surface area contributed by atoms with Gasteiger partial charge >= 0.3 is 4.87 Å². The van der Waals surface area contributed by atoms with Gasteiger partial charge in [-0.3, -0.25) is 14.2 Å². The zero-order valence-electron chi connectivity index (χ0n) is 11.1. The van der Waals surface area contributed by atoms with E-state index in [4.69, 9.17) is 0 Å². The minimum atomic E-state index is -0.107. The van der Waals surface area contributed by atoms with Crippen molar-refractivity contribution in [2.45, 2.75) is 19.2 Å². The van der Waals surface area contributed by atoms with Gasteiger partial charge in [0.2, 0.25) is 5.91 Å². The van der Waals surface area contributed by atoms with E-state index < -0.39 is 0 Å². The van der Waals surface area contributed by atoms with Crippen molar-refractivity contribution in [2.24, 2.45) is 0 Å². The molecule has 0 unspecified atom stereocenters. The van der Waals surface area contributed by atoms with Gasteiger partial charge in [0.25, 0.3) is 0 Å². The van der Waals surface area contributed by atoms with Gasteiger partial charge in [-0.25, -0.2) is 0 Å². The third-order valence-corrected chi connectivity index (χ3v) is 5.34. The van der Waals surface area contributed by atoms with Crippen LogP contribution in [0.15, 0.2) is 27.0 Å². The van der Waals surface area contributed by atoms with Crippen LogP contribution in [0.2, 0.25) is 0 Å². The van der Waals surface area contributed by atoms with Gasteiger partial charge in [0.1, 0.15) is 6.54 Å². The highest BCUT2D eigenvalue weighted by Crippen LogP contribution is 2.14. The maximum atomic E-state index is 11.7. The van der Waals surface area contributed by atoms with Crippen LogP contribution in [0.5, 0.6) is 0 Å². The van der Waals surface area contributed by atoms with Crippen molar-refractivity contribution in [1.29, 1.82) is 0 Å². The van der Waals surface area contributed by atoms with Crippen molar-refractivity contribution in [3.63, 3.8) is 0 Å². The van der Waals surface area contributed by atoms with Gasteiger partial charge in [0.15, 0.2) is 0 Å². The molecule has 2 heterocycles. The fourth-order valence-corrected chi connectivity index (χ4v) is 3.94. The molecule has 0 radical (unpaired) electrons. The highest BCUT2D eigenvalue weighted by atomic mass is 32.2. The van der Waals surface area contributed by atoms with E-state index in [0.29, 0.717) is 6.54 Å². The lowest BCUT2D eigenvalue weighted by Crippen LogP contribution is -2.32. The lowest BCUT2D eigenvalue weighted by atomic mass is 10.4. The summed E-state index contributed by atoms with van der Waals surface area (Å²) in [5.74, 6) is 1.74. The molecule has 0 fully saturated rings. The molecule has 0 aliphatic heterocycles. The Morgan fingerprint density at radius 2 is 2.30 bits per heavy atom. The van der Waals surface area contributed by atoms with Crippen LogP contribution in [-0.4, -0.2) is 22.8 Å². The zero-order valence-corrected chi connectivity index (χ0v) is 13.6. The number of hydrogen-bond donors (Lipinski definition) is 1. The van der Waals surface area contributed by atoms with E-state index in [0.717, 1.165) is 28.5 Å². The van der Waals surface area contributed by atoms with Crippen LogP contribution in [-0.2, 0) is 17.1 Å². The smallest absolute Gasteiger partial charge is 0.307 e.